The maximum absolute atomic E-state index is 10.4. The van der Waals surface area contributed by atoms with Crippen molar-refractivity contribution in [2.75, 3.05) is 0 Å². The first-order valence-corrected chi connectivity index (χ1v) is 7.20. The van der Waals surface area contributed by atoms with E-state index in [-0.39, 0.29) is 12.1 Å². The summed E-state index contributed by atoms with van der Waals surface area (Å²) in [6.45, 7) is 4.08. The number of hydrogen-bond acceptors (Lipinski definition) is 2. The Labute approximate surface area is 125 Å². The maximum Gasteiger partial charge on any atom is 0.0940 e. The Morgan fingerprint density at radius 2 is 1.50 bits per heavy atom. The second-order valence-electron chi connectivity index (χ2n) is 5.08. The lowest BCUT2D eigenvalue weighted by Gasteiger charge is -2.25. The van der Waals surface area contributed by atoms with Gasteiger partial charge in [-0.05, 0) is 37.1 Å². The second-order valence-corrected chi connectivity index (χ2v) is 5.52. The van der Waals surface area contributed by atoms with Crippen molar-refractivity contribution < 1.29 is 5.11 Å². The van der Waals surface area contributed by atoms with Gasteiger partial charge in [0.05, 0.1) is 6.10 Å². The summed E-state index contributed by atoms with van der Waals surface area (Å²) in [5.41, 5.74) is 2.08. The molecule has 0 amide bonds. The Bertz CT molecular complexity index is 526. The molecule has 0 heterocycles. The van der Waals surface area contributed by atoms with Gasteiger partial charge in [0, 0.05) is 17.1 Å². The van der Waals surface area contributed by atoms with Crippen molar-refractivity contribution >= 4 is 11.6 Å². The molecule has 3 atom stereocenters. The van der Waals surface area contributed by atoms with Gasteiger partial charge in [0.25, 0.3) is 0 Å². The summed E-state index contributed by atoms with van der Waals surface area (Å²) in [6, 6.07) is 17.7. The molecule has 2 rings (SSSR count). The van der Waals surface area contributed by atoms with Crippen molar-refractivity contribution in [3.63, 3.8) is 0 Å². The normalized spacial score (nSPS) is 15.6. The van der Waals surface area contributed by atoms with E-state index in [1.165, 1.54) is 5.56 Å². The topological polar surface area (TPSA) is 32.3 Å². The molecule has 3 heteroatoms. The van der Waals surface area contributed by atoms with Crippen molar-refractivity contribution in [1.29, 1.82) is 0 Å². The van der Waals surface area contributed by atoms with E-state index in [0.717, 1.165) is 5.56 Å². The van der Waals surface area contributed by atoms with Gasteiger partial charge in [-0.25, -0.2) is 0 Å². The van der Waals surface area contributed by atoms with Gasteiger partial charge in [-0.2, -0.15) is 0 Å². The largest absolute Gasteiger partial charge is 0.387 e. The molecule has 0 aliphatic carbocycles. The van der Waals surface area contributed by atoms with Crippen LogP contribution in [0.3, 0.4) is 0 Å². The minimum atomic E-state index is -0.557. The number of aliphatic hydroxyl groups excluding tert-OH is 1. The molecular weight excluding hydrogens is 270 g/mol. The first-order valence-electron chi connectivity index (χ1n) is 6.82. The van der Waals surface area contributed by atoms with Crippen LogP contribution in [0.1, 0.15) is 37.1 Å². The maximum atomic E-state index is 10.4. The van der Waals surface area contributed by atoms with Gasteiger partial charge in [-0.1, -0.05) is 54.1 Å². The predicted octanol–water partition coefficient (Wildman–Crippen LogP) is 4.11. The van der Waals surface area contributed by atoms with Gasteiger partial charge in [-0.15, -0.1) is 0 Å². The SMILES string of the molecule is C[C@H](N[C@H](C)c1ccccc1)[C@@H](O)c1ccc(Cl)cc1. The van der Waals surface area contributed by atoms with Crippen molar-refractivity contribution in [3.8, 4) is 0 Å². The number of nitrogens with one attached hydrogen (secondary N) is 1. The summed E-state index contributed by atoms with van der Waals surface area (Å²) in [7, 11) is 0. The zero-order chi connectivity index (χ0) is 14.5. The third-order valence-corrected chi connectivity index (χ3v) is 3.75. The Balaban J connectivity index is 2.00. The van der Waals surface area contributed by atoms with Gasteiger partial charge in [-0.3, -0.25) is 0 Å². The van der Waals surface area contributed by atoms with Crippen LogP contribution in [0.15, 0.2) is 54.6 Å². The quantitative estimate of drug-likeness (QED) is 0.868. The summed E-state index contributed by atoms with van der Waals surface area (Å²) >= 11 is 5.86. The van der Waals surface area contributed by atoms with E-state index in [2.05, 4.69) is 24.4 Å². The minimum Gasteiger partial charge on any atom is -0.387 e. The fourth-order valence-corrected chi connectivity index (χ4v) is 2.40. The van der Waals surface area contributed by atoms with E-state index in [9.17, 15) is 5.11 Å². The fourth-order valence-electron chi connectivity index (χ4n) is 2.27. The highest BCUT2D eigenvalue weighted by atomic mass is 35.5. The van der Waals surface area contributed by atoms with Crippen LogP contribution in [-0.2, 0) is 0 Å². The Hall–Kier alpha value is -1.35. The third-order valence-electron chi connectivity index (χ3n) is 3.50. The number of halogens is 1. The molecule has 0 aliphatic heterocycles. The summed E-state index contributed by atoms with van der Waals surface area (Å²) in [6.07, 6.45) is -0.557. The molecule has 0 spiro atoms. The standard InChI is InChI=1S/C17H20ClNO/c1-12(14-6-4-3-5-7-14)19-13(2)17(20)15-8-10-16(18)11-9-15/h3-13,17,19-20H,1-2H3/t12-,13+,17-/m1/s1. The van der Waals surface area contributed by atoms with Crippen molar-refractivity contribution in [1.82, 2.24) is 5.32 Å². The smallest absolute Gasteiger partial charge is 0.0940 e. The molecule has 0 saturated carbocycles. The van der Waals surface area contributed by atoms with Gasteiger partial charge in [0.1, 0.15) is 0 Å². The van der Waals surface area contributed by atoms with Gasteiger partial charge >= 0.3 is 0 Å². The third kappa shape index (κ3) is 3.83. The Morgan fingerprint density at radius 3 is 2.10 bits per heavy atom. The number of benzene rings is 2. The Morgan fingerprint density at radius 1 is 0.900 bits per heavy atom. The molecule has 0 saturated heterocycles. The first-order chi connectivity index (χ1) is 9.58. The van der Waals surface area contributed by atoms with Crippen molar-refractivity contribution in [2.24, 2.45) is 0 Å². The highest BCUT2D eigenvalue weighted by molar-refractivity contribution is 6.30. The van der Waals surface area contributed by atoms with E-state index in [1.807, 2.05) is 37.3 Å². The van der Waals surface area contributed by atoms with Crippen LogP contribution in [-0.4, -0.2) is 11.1 Å². The average Bonchev–Trinajstić information content (AvgIpc) is 2.48. The summed E-state index contributed by atoms with van der Waals surface area (Å²) < 4.78 is 0. The summed E-state index contributed by atoms with van der Waals surface area (Å²) in [4.78, 5) is 0. The predicted molar refractivity (Wildman–Crippen MR) is 83.9 cm³/mol. The molecule has 0 unspecified atom stereocenters. The first kappa shape index (κ1) is 15.0. The van der Waals surface area contributed by atoms with E-state index >= 15 is 0 Å². The van der Waals surface area contributed by atoms with Crippen LogP contribution in [0.5, 0.6) is 0 Å². The molecule has 2 aromatic rings. The van der Waals surface area contributed by atoms with Crippen LogP contribution < -0.4 is 5.32 Å². The Kier molecular flexibility index (Phi) is 5.18. The van der Waals surface area contributed by atoms with Crippen LogP contribution in [0.4, 0.5) is 0 Å². The molecule has 0 bridgehead atoms. The molecule has 20 heavy (non-hydrogen) atoms. The summed E-state index contributed by atoms with van der Waals surface area (Å²) in [5, 5.41) is 14.5. The van der Waals surface area contributed by atoms with Gasteiger partial charge in [0.2, 0.25) is 0 Å². The highest BCUT2D eigenvalue weighted by Gasteiger charge is 2.18. The zero-order valence-corrected chi connectivity index (χ0v) is 12.5. The molecular formula is C17H20ClNO. The monoisotopic (exact) mass is 289 g/mol. The zero-order valence-electron chi connectivity index (χ0n) is 11.8. The van der Waals surface area contributed by atoms with E-state index in [1.54, 1.807) is 12.1 Å². The molecule has 0 radical (unpaired) electrons. The lowest BCUT2D eigenvalue weighted by Crippen LogP contribution is -2.34. The lowest BCUT2D eigenvalue weighted by molar-refractivity contribution is 0.130. The van der Waals surface area contributed by atoms with Crippen LogP contribution in [0.2, 0.25) is 5.02 Å². The second kappa shape index (κ2) is 6.89. The van der Waals surface area contributed by atoms with Crippen LogP contribution >= 0.6 is 11.6 Å². The molecule has 0 aliphatic rings. The number of hydrogen-bond donors (Lipinski definition) is 2. The average molecular weight is 290 g/mol. The number of aliphatic hydroxyl groups is 1. The molecule has 0 aromatic heterocycles. The van der Waals surface area contributed by atoms with Crippen LogP contribution in [0, 0.1) is 0 Å². The van der Waals surface area contributed by atoms with Crippen LogP contribution in [0.25, 0.3) is 0 Å². The van der Waals surface area contributed by atoms with Gasteiger partial charge in [0.15, 0.2) is 0 Å². The summed E-state index contributed by atoms with van der Waals surface area (Å²) in [5.74, 6) is 0. The lowest BCUT2D eigenvalue weighted by atomic mass is 10.0. The molecule has 2 nitrogen and oxygen atoms in total. The van der Waals surface area contributed by atoms with Gasteiger partial charge < -0.3 is 10.4 Å². The molecule has 2 aromatic carbocycles. The minimum absolute atomic E-state index is 0.0496. The van der Waals surface area contributed by atoms with E-state index < -0.39 is 6.10 Å². The molecule has 0 fully saturated rings. The van der Waals surface area contributed by atoms with E-state index in [0.29, 0.717) is 5.02 Å². The highest BCUT2D eigenvalue weighted by Crippen LogP contribution is 2.21. The molecule has 106 valence electrons. The van der Waals surface area contributed by atoms with Crippen molar-refractivity contribution in [3.05, 3.63) is 70.7 Å². The number of rotatable bonds is 5. The van der Waals surface area contributed by atoms with Crippen molar-refractivity contribution in [2.45, 2.75) is 32.0 Å². The fraction of sp³-hybridized carbons (Fsp3) is 0.294. The van der Waals surface area contributed by atoms with E-state index in [4.69, 9.17) is 11.6 Å². The molecule has 2 N–H and O–H groups in total.